The van der Waals surface area contributed by atoms with Crippen molar-refractivity contribution < 1.29 is 9.50 Å². The number of hydrogen-bond donors (Lipinski definition) is 2. The van der Waals surface area contributed by atoms with Crippen LogP contribution < -0.4 is 5.32 Å². The van der Waals surface area contributed by atoms with Crippen LogP contribution in [0.3, 0.4) is 0 Å². The third kappa shape index (κ3) is 4.29. The molecule has 1 aromatic carbocycles. The first-order valence-corrected chi connectivity index (χ1v) is 7.60. The quantitative estimate of drug-likeness (QED) is 0.801. The van der Waals surface area contributed by atoms with Crippen molar-refractivity contribution in [3.8, 4) is 0 Å². The maximum atomic E-state index is 13.2. The summed E-state index contributed by atoms with van der Waals surface area (Å²) in [4.78, 5) is 0. The second-order valence-corrected chi connectivity index (χ2v) is 6.79. The van der Waals surface area contributed by atoms with Gasteiger partial charge in [-0.25, -0.2) is 4.39 Å². The molecule has 2 nitrogen and oxygen atoms in total. The van der Waals surface area contributed by atoms with Crippen LogP contribution in [-0.2, 0) is 0 Å². The minimum Gasteiger partial charge on any atom is -0.396 e. The summed E-state index contributed by atoms with van der Waals surface area (Å²) in [6.45, 7) is 5.72. The van der Waals surface area contributed by atoms with Crippen LogP contribution in [0.25, 0.3) is 0 Å². The molecule has 0 aliphatic heterocycles. The summed E-state index contributed by atoms with van der Waals surface area (Å²) in [6, 6.07) is 7.53. The van der Waals surface area contributed by atoms with E-state index in [2.05, 4.69) is 19.2 Å². The Balaban J connectivity index is 1.72. The number of nitrogens with one attached hydrogen (secondary N) is 1. The molecule has 1 aromatic rings. The van der Waals surface area contributed by atoms with Crippen LogP contribution in [0.1, 0.15) is 51.0 Å². The zero-order valence-electron chi connectivity index (χ0n) is 12.5. The lowest BCUT2D eigenvalue weighted by Crippen LogP contribution is -2.44. The zero-order valence-corrected chi connectivity index (χ0v) is 12.5. The average Bonchev–Trinajstić information content (AvgIpc) is 2.34. The fraction of sp³-hybridized carbons (Fsp3) is 0.647. The summed E-state index contributed by atoms with van der Waals surface area (Å²) in [5, 5.41) is 12.5. The zero-order chi connectivity index (χ0) is 14.6. The topological polar surface area (TPSA) is 32.3 Å². The minimum absolute atomic E-state index is 0.135. The molecule has 1 aliphatic carbocycles. The summed E-state index contributed by atoms with van der Waals surface area (Å²) in [6.07, 6.45) is 4.10. The van der Waals surface area contributed by atoms with Crippen molar-refractivity contribution in [1.82, 2.24) is 5.32 Å². The molecule has 0 aromatic heterocycles. The van der Waals surface area contributed by atoms with Crippen molar-refractivity contribution >= 4 is 0 Å². The van der Waals surface area contributed by atoms with Gasteiger partial charge in [-0.2, -0.15) is 0 Å². The fourth-order valence-corrected chi connectivity index (χ4v) is 2.88. The highest BCUT2D eigenvalue weighted by molar-refractivity contribution is 5.23. The lowest BCUT2D eigenvalue weighted by Gasteiger charge is -2.38. The second kappa shape index (κ2) is 6.68. The highest BCUT2D eigenvalue weighted by Gasteiger charge is 2.31. The van der Waals surface area contributed by atoms with Crippen molar-refractivity contribution in [1.29, 1.82) is 0 Å². The third-order valence-electron chi connectivity index (χ3n) is 4.34. The summed E-state index contributed by atoms with van der Waals surface area (Å²) in [7, 11) is 0. The molecule has 2 rings (SSSR count). The van der Waals surface area contributed by atoms with E-state index in [1.54, 1.807) is 12.1 Å². The highest BCUT2D eigenvalue weighted by Crippen LogP contribution is 2.37. The number of halogens is 1. The van der Waals surface area contributed by atoms with E-state index in [1.807, 2.05) is 6.07 Å². The molecule has 0 unspecified atom stereocenters. The van der Waals surface area contributed by atoms with Crippen molar-refractivity contribution in [2.45, 2.75) is 51.5 Å². The Kier molecular flexibility index (Phi) is 5.17. The maximum Gasteiger partial charge on any atom is 0.123 e. The Hall–Kier alpha value is -0.930. The molecule has 112 valence electrons. The molecule has 0 radical (unpaired) electrons. The molecular weight excluding hydrogens is 253 g/mol. The Labute approximate surface area is 121 Å². The molecule has 0 atom stereocenters. The summed E-state index contributed by atoms with van der Waals surface area (Å²) >= 11 is 0. The number of benzene rings is 1. The van der Waals surface area contributed by atoms with E-state index < -0.39 is 0 Å². The summed E-state index contributed by atoms with van der Waals surface area (Å²) in [5.41, 5.74) is 1.36. The molecule has 0 spiro atoms. The van der Waals surface area contributed by atoms with Gasteiger partial charge in [0.1, 0.15) is 5.82 Å². The summed E-state index contributed by atoms with van der Waals surface area (Å²) < 4.78 is 13.2. The van der Waals surface area contributed by atoms with E-state index in [0.29, 0.717) is 12.0 Å². The van der Waals surface area contributed by atoms with E-state index >= 15 is 0 Å². The lowest BCUT2D eigenvalue weighted by molar-refractivity contribution is 0.210. The largest absolute Gasteiger partial charge is 0.396 e. The molecule has 0 heterocycles. The fourth-order valence-electron chi connectivity index (χ4n) is 2.88. The van der Waals surface area contributed by atoms with Crippen LogP contribution in [0.4, 0.5) is 4.39 Å². The first kappa shape index (κ1) is 15.5. The Morgan fingerprint density at radius 3 is 2.75 bits per heavy atom. The van der Waals surface area contributed by atoms with Crippen LogP contribution in [0.5, 0.6) is 0 Å². The standard InChI is InChI=1S/C17H26FNO/c1-17(2,7-4-8-20)12-19-16-10-14(11-16)13-5-3-6-15(18)9-13/h3,5-6,9,14,16,19-20H,4,7-8,10-12H2,1-2H3. The van der Waals surface area contributed by atoms with Gasteiger partial charge in [0.25, 0.3) is 0 Å². The first-order valence-electron chi connectivity index (χ1n) is 7.60. The second-order valence-electron chi connectivity index (χ2n) is 6.79. The van der Waals surface area contributed by atoms with Crippen molar-refractivity contribution in [3.63, 3.8) is 0 Å². The molecule has 2 N–H and O–H groups in total. The predicted octanol–water partition coefficient (Wildman–Crippen LogP) is 3.46. The van der Waals surface area contributed by atoms with Crippen molar-refractivity contribution in [2.75, 3.05) is 13.2 Å². The molecule has 20 heavy (non-hydrogen) atoms. The van der Waals surface area contributed by atoms with E-state index in [9.17, 15) is 4.39 Å². The van der Waals surface area contributed by atoms with Gasteiger partial charge in [-0.05, 0) is 54.7 Å². The van der Waals surface area contributed by atoms with E-state index in [4.69, 9.17) is 5.11 Å². The van der Waals surface area contributed by atoms with Crippen LogP contribution >= 0.6 is 0 Å². The van der Waals surface area contributed by atoms with E-state index in [-0.39, 0.29) is 17.8 Å². The van der Waals surface area contributed by atoms with Gasteiger partial charge in [-0.1, -0.05) is 26.0 Å². The van der Waals surface area contributed by atoms with Crippen LogP contribution in [-0.4, -0.2) is 24.3 Å². The van der Waals surface area contributed by atoms with Crippen LogP contribution in [0.15, 0.2) is 24.3 Å². The average molecular weight is 279 g/mol. The van der Waals surface area contributed by atoms with Gasteiger partial charge < -0.3 is 10.4 Å². The Bertz CT molecular complexity index is 427. The Morgan fingerprint density at radius 2 is 2.10 bits per heavy atom. The molecule has 1 fully saturated rings. The third-order valence-corrected chi connectivity index (χ3v) is 4.34. The van der Waals surface area contributed by atoms with Crippen LogP contribution in [0.2, 0.25) is 0 Å². The lowest BCUT2D eigenvalue weighted by atomic mass is 9.75. The van der Waals surface area contributed by atoms with Gasteiger partial charge in [-0.3, -0.25) is 0 Å². The maximum absolute atomic E-state index is 13.2. The van der Waals surface area contributed by atoms with E-state index in [1.165, 1.54) is 6.07 Å². The van der Waals surface area contributed by atoms with Gasteiger partial charge >= 0.3 is 0 Å². The summed E-state index contributed by atoms with van der Waals surface area (Å²) in [5.74, 6) is 0.368. The monoisotopic (exact) mass is 279 g/mol. The smallest absolute Gasteiger partial charge is 0.123 e. The van der Waals surface area contributed by atoms with Gasteiger partial charge in [0.05, 0.1) is 0 Å². The molecule has 1 saturated carbocycles. The highest BCUT2D eigenvalue weighted by atomic mass is 19.1. The van der Waals surface area contributed by atoms with E-state index in [0.717, 1.165) is 37.8 Å². The minimum atomic E-state index is -0.135. The molecule has 3 heteroatoms. The first-order chi connectivity index (χ1) is 9.50. The Morgan fingerprint density at radius 1 is 1.35 bits per heavy atom. The van der Waals surface area contributed by atoms with Crippen molar-refractivity contribution in [2.24, 2.45) is 5.41 Å². The molecule has 0 saturated heterocycles. The number of rotatable bonds is 7. The molecular formula is C17H26FNO. The predicted molar refractivity (Wildman–Crippen MR) is 80.3 cm³/mol. The SMILES string of the molecule is CC(C)(CCCO)CNC1CC(c2cccc(F)c2)C1. The molecule has 0 bridgehead atoms. The van der Waals surface area contributed by atoms with Crippen LogP contribution in [0, 0.1) is 11.2 Å². The normalized spacial score (nSPS) is 22.6. The van der Waals surface area contributed by atoms with Crippen molar-refractivity contribution in [3.05, 3.63) is 35.6 Å². The van der Waals surface area contributed by atoms with Gasteiger partial charge in [0.15, 0.2) is 0 Å². The number of hydrogen-bond acceptors (Lipinski definition) is 2. The van der Waals surface area contributed by atoms with Gasteiger partial charge in [0, 0.05) is 19.2 Å². The molecule has 1 aliphatic rings. The molecule has 0 amide bonds. The van der Waals surface area contributed by atoms with Gasteiger partial charge in [0.2, 0.25) is 0 Å². The number of aliphatic hydroxyl groups excluding tert-OH is 1. The number of aliphatic hydroxyl groups is 1. The van der Waals surface area contributed by atoms with Gasteiger partial charge in [-0.15, -0.1) is 0 Å².